The highest BCUT2D eigenvalue weighted by atomic mass is 32.1. The minimum Gasteiger partial charge on any atom is -0.478 e. The maximum atomic E-state index is 12.2. The summed E-state index contributed by atoms with van der Waals surface area (Å²) in [5.41, 5.74) is 0.626. The van der Waals surface area contributed by atoms with Crippen LogP contribution in [0, 0.1) is 18.3 Å². The van der Waals surface area contributed by atoms with Gasteiger partial charge in [0.1, 0.15) is 10.6 Å². The lowest BCUT2D eigenvalue weighted by atomic mass is 10.1. The van der Waals surface area contributed by atoms with E-state index >= 15 is 0 Å². The van der Waals surface area contributed by atoms with Crippen LogP contribution in [-0.2, 0) is 4.79 Å². The number of anilines is 1. The molecule has 1 unspecified atom stereocenters. The lowest BCUT2D eigenvalue weighted by molar-refractivity contribution is -0.120. The van der Waals surface area contributed by atoms with Crippen molar-refractivity contribution in [2.45, 2.75) is 27.2 Å². The topological polar surface area (TPSA) is 70.5 Å². The molecular weight excluding hydrogens is 252 g/mol. The molecule has 0 bridgehead atoms. The quantitative estimate of drug-likeness (QED) is 0.912. The van der Waals surface area contributed by atoms with Gasteiger partial charge in [0.2, 0.25) is 5.91 Å². The molecule has 1 saturated carbocycles. The molecule has 1 aromatic rings. The van der Waals surface area contributed by atoms with E-state index in [1.54, 1.807) is 14.0 Å². The third kappa shape index (κ3) is 2.01. The first kappa shape index (κ1) is 13.0. The first-order valence-electron chi connectivity index (χ1n) is 5.73. The number of carboxylic acid groups (broad SMARTS) is 1. The van der Waals surface area contributed by atoms with Crippen molar-refractivity contribution >= 4 is 28.4 Å². The number of aryl methyl sites for hydroxylation is 1. The Kier molecular flexibility index (Phi) is 2.93. The summed E-state index contributed by atoms with van der Waals surface area (Å²) < 4.78 is 4.02. The number of rotatable bonds is 3. The zero-order valence-corrected chi connectivity index (χ0v) is 11.7. The van der Waals surface area contributed by atoms with Crippen molar-refractivity contribution < 1.29 is 14.7 Å². The van der Waals surface area contributed by atoms with Crippen LogP contribution in [0.1, 0.15) is 36.3 Å². The van der Waals surface area contributed by atoms with Crippen molar-refractivity contribution in [1.82, 2.24) is 4.37 Å². The van der Waals surface area contributed by atoms with E-state index in [1.165, 1.54) is 4.90 Å². The van der Waals surface area contributed by atoms with Crippen LogP contribution in [0.4, 0.5) is 5.00 Å². The summed E-state index contributed by atoms with van der Waals surface area (Å²) in [6.45, 7) is 5.72. The van der Waals surface area contributed by atoms with Gasteiger partial charge in [-0.3, -0.25) is 4.79 Å². The van der Waals surface area contributed by atoms with Gasteiger partial charge in [0.15, 0.2) is 0 Å². The molecule has 1 aromatic heterocycles. The molecule has 1 aliphatic rings. The second-order valence-corrected chi connectivity index (χ2v) is 6.15. The van der Waals surface area contributed by atoms with Crippen molar-refractivity contribution in [2.24, 2.45) is 11.3 Å². The summed E-state index contributed by atoms with van der Waals surface area (Å²) in [5.74, 6) is -1.07. The van der Waals surface area contributed by atoms with E-state index in [2.05, 4.69) is 4.37 Å². The lowest BCUT2D eigenvalue weighted by Crippen LogP contribution is -2.29. The summed E-state index contributed by atoms with van der Waals surface area (Å²) in [4.78, 5) is 24.8. The molecule has 1 fully saturated rings. The fourth-order valence-electron chi connectivity index (χ4n) is 2.06. The number of carboxylic acids is 1. The van der Waals surface area contributed by atoms with Gasteiger partial charge in [0.05, 0.1) is 5.69 Å². The number of hydrogen-bond acceptors (Lipinski definition) is 4. The fourth-order valence-corrected chi connectivity index (χ4v) is 2.91. The van der Waals surface area contributed by atoms with Crippen molar-refractivity contribution in [1.29, 1.82) is 0 Å². The van der Waals surface area contributed by atoms with Gasteiger partial charge in [-0.25, -0.2) is 4.79 Å². The highest BCUT2D eigenvalue weighted by Crippen LogP contribution is 2.52. The first-order valence-corrected chi connectivity index (χ1v) is 6.50. The summed E-state index contributed by atoms with van der Waals surface area (Å²) in [7, 11) is 1.62. The van der Waals surface area contributed by atoms with Crippen LogP contribution in [0.15, 0.2) is 0 Å². The number of hydrogen-bond donors (Lipinski definition) is 1. The van der Waals surface area contributed by atoms with Crippen molar-refractivity contribution in [3.05, 3.63) is 11.3 Å². The molecule has 0 saturated heterocycles. The van der Waals surface area contributed by atoms with Crippen LogP contribution in [0.2, 0.25) is 0 Å². The number of aromatic carboxylic acids is 1. The molecule has 0 spiro atoms. The third-order valence-electron chi connectivity index (χ3n) is 3.51. The summed E-state index contributed by atoms with van der Waals surface area (Å²) in [5, 5.41) is 9.58. The minimum absolute atomic E-state index is 0.00782. The maximum absolute atomic E-state index is 12.2. The molecule has 98 valence electrons. The SMILES string of the molecule is Cc1nsc(N(C)C(=O)C2CC2(C)C)c1C(=O)O. The predicted molar refractivity (Wildman–Crippen MR) is 69.1 cm³/mol. The Morgan fingerprint density at radius 2 is 2.06 bits per heavy atom. The zero-order chi connectivity index (χ0) is 13.7. The monoisotopic (exact) mass is 268 g/mol. The molecule has 0 aliphatic heterocycles. The molecule has 2 rings (SSSR count). The van der Waals surface area contributed by atoms with E-state index in [4.69, 9.17) is 5.11 Å². The van der Waals surface area contributed by atoms with Gasteiger partial charge in [-0.2, -0.15) is 4.37 Å². The molecule has 1 heterocycles. The van der Waals surface area contributed by atoms with Gasteiger partial charge < -0.3 is 10.0 Å². The normalized spacial score (nSPS) is 20.6. The van der Waals surface area contributed by atoms with Gasteiger partial charge in [0.25, 0.3) is 0 Å². The minimum atomic E-state index is -1.04. The average Bonchev–Trinajstić information content (AvgIpc) is 2.71. The highest BCUT2D eigenvalue weighted by molar-refractivity contribution is 7.11. The Morgan fingerprint density at radius 1 is 1.50 bits per heavy atom. The van der Waals surface area contributed by atoms with E-state index < -0.39 is 5.97 Å². The Bertz CT molecular complexity index is 521. The molecule has 1 N–H and O–H groups in total. The van der Waals surface area contributed by atoms with Crippen LogP contribution < -0.4 is 4.90 Å². The number of aromatic nitrogens is 1. The number of carbonyl (C=O) groups is 2. The first-order chi connectivity index (χ1) is 8.25. The molecule has 0 aromatic carbocycles. The van der Waals surface area contributed by atoms with Crippen LogP contribution in [0.25, 0.3) is 0 Å². The van der Waals surface area contributed by atoms with E-state index in [-0.39, 0.29) is 22.8 Å². The van der Waals surface area contributed by atoms with Crippen LogP contribution in [0.3, 0.4) is 0 Å². The fraction of sp³-hybridized carbons (Fsp3) is 0.583. The molecule has 0 radical (unpaired) electrons. The van der Waals surface area contributed by atoms with Gasteiger partial charge in [-0.05, 0) is 30.3 Å². The van der Waals surface area contributed by atoms with Gasteiger partial charge in [0, 0.05) is 13.0 Å². The summed E-state index contributed by atoms with van der Waals surface area (Å²) >= 11 is 1.06. The van der Waals surface area contributed by atoms with Gasteiger partial charge in [-0.1, -0.05) is 13.8 Å². The van der Waals surface area contributed by atoms with Gasteiger partial charge >= 0.3 is 5.97 Å². The molecule has 1 amide bonds. The van der Waals surface area contributed by atoms with Crippen molar-refractivity contribution in [3.8, 4) is 0 Å². The Labute approximate surface area is 110 Å². The molecule has 1 atom stereocenters. The number of amides is 1. The third-order valence-corrected chi connectivity index (χ3v) is 4.52. The van der Waals surface area contributed by atoms with E-state index in [1.807, 2.05) is 13.8 Å². The van der Waals surface area contributed by atoms with E-state index in [9.17, 15) is 9.59 Å². The van der Waals surface area contributed by atoms with E-state index in [0.29, 0.717) is 10.7 Å². The predicted octanol–water partition coefficient (Wildman–Crippen LogP) is 2.16. The highest BCUT2D eigenvalue weighted by Gasteiger charge is 2.52. The molecule has 6 heteroatoms. The zero-order valence-electron chi connectivity index (χ0n) is 10.9. The Hall–Kier alpha value is -1.43. The summed E-state index contributed by atoms with van der Waals surface area (Å²) in [6, 6.07) is 0. The second kappa shape index (κ2) is 4.05. The molecule has 5 nitrogen and oxygen atoms in total. The van der Waals surface area contributed by atoms with E-state index in [0.717, 1.165) is 18.0 Å². The molecular formula is C12H16N2O3S. The second-order valence-electron chi connectivity index (χ2n) is 5.40. The van der Waals surface area contributed by atoms with Crippen LogP contribution in [-0.4, -0.2) is 28.4 Å². The standard InChI is InChI=1S/C12H16N2O3S/c1-6-8(11(16)17)10(18-13-6)14(4)9(15)7-5-12(7,2)3/h7H,5H2,1-4H3,(H,16,17). The Morgan fingerprint density at radius 3 is 2.50 bits per heavy atom. The van der Waals surface area contributed by atoms with Crippen molar-refractivity contribution in [2.75, 3.05) is 11.9 Å². The summed E-state index contributed by atoms with van der Waals surface area (Å²) in [6.07, 6.45) is 0.858. The van der Waals surface area contributed by atoms with Crippen LogP contribution >= 0.6 is 11.5 Å². The Balaban J connectivity index is 2.27. The average molecular weight is 268 g/mol. The number of carbonyl (C=O) groups excluding carboxylic acids is 1. The van der Waals surface area contributed by atoms with Crippen LogP contribution in [0.5, 0.6) is 0 Å². The van der Waals surface area contributed by atoms with Crippen molar-refractivity contribution in [3.63, 3.8) is 0 Å². The maximum Gasteiger partial charge on any atom is 0.340 e. The largest absolute Gasteiger partial charge is 0.478 e. The molecule has 18 heavy (non-hydrogen) atoms. The van der Waals surface area contributed by atoms with Gasteiger partial charge in [-0.15, -0.1) is 0 Å². The lowest BCUT2D eigenvalue weighted by Gasteiger charge is -2.16. The smallest absolute Gasteiger partial charge is 0.340 e. The molecule has 1 aliphatic carbocycles. The number of nitrogens with zero attached hydrogens (tertiary/aromatic N) is 2.